The molecule has 0 aliphatic carbocycles. The van der Waals surface area contributed by atoms with Crippen molar-refractivity contribution in [3.63, 3.8) is 0 Å². The third-order valence-electron chi connectivity index (χ3n) is 3.85. The minimum Gasteiger partial charge on any atom is -0.469 e. The van der Waals surface area contributed by atoms with Crippen LogP contribution in [0, 0.1) is 28.9 Å². The van der Waals surface area contributed by atoms with Gasteiger partial charge in [-0.1, -0.05) is 19.1 Å². The molecule has 0 N–H and O–H groups in total. The van der Waals surface area contributed by atoms with Crippen LogP contribution in [-0.2, 0) is 9.53 Å². The highest BCUT2D eigenvalue weighted by Crippen LogP contribution is 2.36. The molecule has 0 bridgehead atoms. The number of rotatable bonds is 3. The van der Waals surface area contributed by atoms with Crippen LogP contribution in [0.15, 0.2) is 18.2 Å². The first-order valence-corrected chi connectivity index (χ1v) is 6.52. The molecule has 0 saturated carbocycles. The molecule has 0 amide bonds. The fourth-order valence-electron chi connectivity index (χ4n) is 2.81. The molecule has 108 valence electrons. The van der Waals surface area contributed by atoms with Crippen LogP contribution in [0.5, 0.6) is 0 Å². The SMILES string of the molecule is COC(=O)C1CN(c2c(C)cccc2[N+](=O)[O-])CC1C. The van der Waals surface area contributed by atoms with E-state index in [1.165, 1.54) is 13.2 Å². The smallest absolute Gasteiger partial charge is 0.310 e. The van der Waals surface area contributed by atoms with Gasteiger partial charge in [-0.05, 0) is 18.4 Å². The van der Waals surface area contributed by atoms with Gasteiger partial charge in [0, 0.05) is 19.2 Å². The van der Waals surface area contributed by atoms with Gasteiger partial charge in [0.1, 0.15) is 5.69 Å². The number of esters is 1. The standard InChI is InChI=1S/C14H18N2O4/c1-9-5-4-6-12(16(18)19)13(9)15-7-10(2)11(8-15)14(17)20-3/h4-6,10-11H,7-8H2,1-3H3. The summed E-state index contributed by atoms with van der Waals surface area (Å²) in [6, 6.07) is 5.02. The molecule has 6 heteroatoms. The predicted molar refractivity (Wildman–Crippen MR) is 74.7 cm³/mol. The molecule has 2 rings (SSSR count). The van der Waals surface area contributed by atoms with E-state index in [1.807, 2.05) is 24.8 Å². The van der Waals surface area contributed by atoms with E-state index >= 15 is 0 Å². The number of carbonyl (C=O) groups excluding carboxylic acids is 1. The van der Waals surface area contributed by atoms with Crippen molar-refractivity contribution >= 4 is 17.3 Å². The van der Waals surface area contributed by atoms with Crippen molar-refractivity contribution in [3.8, 4) is 0 Å². The number of aryl methyl sites for hydroxylation is 1. The number of anilines is 1. The lowest BCUT2D eigenvalue weighted by Gasteiger charge is -2.20. The molecular weight excluding hydrogens is 260 g/mol. The molecule has 1 aliphatic heterocycles. The summed E-state index contributed by atoms with van der Waals surface area (Å²) in [5.41, 5.74) is 1.54. The molecule has 2 atom stereocenters. The van der Waals surface area contributed by atoms with Crippen molar-refractivity contribution in [3.05, 3.63) is 33.9 Å². The van der Waals surface area contributed by atoms with Crippen molar-refractivity contribution in [2.24, 2.45) is 11.8 Å². The number of hydrogen-bond donors (Lipinski definition) is 0. The average Bonchev–Trinajstić information content (AvgIpc) is 2.79. The van der Waals surface area contributed by atoms with E-state index in [0.29, 0.717) is 18.8 Å². The summed E-state index contributed by atoms with van der Waals surface area (Å²) in [4.78, 5) is 24.4. The van der Waals surface area contributed by atoms with Crippen molar-refractivity contribution in [2.45, 2.75) is 13.8 Å². The Morgan fingerprint density at radius 3 is 2.75 bits per heavy atom. The van der Waals surface area contributed by atoms with Gasteiger partial charge in [-0.15, -0.1) is 0 Å². The Labute approximate surface area is 117 Å². The molecule has 1 aromatic carbocycles. The molecule has 0 radical (unpaired) electrons. The molecule has 1 fully saturated rings. The zero-order valence-corrected chi connectivity index (χ0v) is 11.8. The highest BCUT2D eigenvalue weighted by Gasteiger charge is 2.38. The van der Waals surface area contributed by atoms with Crippen molar-refractivity contribution in [1.29, 1.82) is 0 Å². The van der Waals surface area contributed by atoms with E-state index in [-0.39, 0.29) is 28.4 Å². The van der Waals surface area contributed by atoms with Gasteiger partial charge in [0.25, 0.3) is 5.69 Å². The van der Waals surface area contributed by atoms with E-state index in [9.17, 15) is 14.9 Å². The van der Waals surface area contributed by atoms with Gasteiger partial charge in [-0.25, -0.2) is 0 Å². The Morgan fingerprint density at radius 2 is 2.15 bits per heavy atom. The Morgan fingerprint density at radius 1 is 1.45 bits per heavy atom. The lowest BCUT2D eigenvalue weighted by Crippen LogP contribution is -2.25. The molecule has 1 heterocycles. The van der Waals surface area contributed by atoms with Crippen LogP contribution in [0.25, 0.3) is 0 Å². The molecule has 1 aromatic rings. The van der Waals surface area contributed by atoms with Crippen LogP contribution < -0.4 is 4.90 Å². The quantitative estimate of drug-likeness (QED) is 0.481. The third-order valence-corrected chi connectivity index (χ3v) is 3.85. The molecule has 6 nitrogen and oxygen atoms in total. The topological polar surface area (TPSA) is 72.7 Å². The highest BCUT2D eigenvalue weighted by molar-refractivity contribution is 5.76. The van der Waals surface area contributed by atoms with Gasteiger partial charge in [0.2, 0.25) is 0 Å². The summed E-state index contributed by atoms with van der Waals surface area (Å²) >= 11 is 0. The van der Waals surface area contributed by atoms with Gasteiger partial charge in [0.05, 0.1) is 18.0 Å². The molecule has 1 aliphatic rings. The number of methoxy groups -OCH3 is 1. The Hall–Kier alpha value is -2.11. The van der Waals surface area contributed by atoms with Crippen molar-refractivity contribution in [2.75, 3.05) is 25.1 Å². The van der Waals surface area contributed by atoms with Crippen molar-refractivity contribution < 1.29 is 14.5 Å². The third kappa shape index (κ3) is 2.45. The summed E-state index contributed by atoms with van der Waals surface area (Å²) in [5, 5.41) is 11.2. The first-order valence-electron chi connectivity index (χ1n) is 6.52. The van der Waals surface area contributed by atoms with Crippen LogP contribution >= 0.6 is 0 Å². The summed E-state index contributed by atoms with van der Waals surface area (Å²) in [5.74, 6) is -0.378. The molecule has 20 heavy (non-hydrogen) atoms. The Balaban J connectivity index is 2.35. The molecule has 1 saturated heterocycles. The zero-order chi connectivity index (χ0) is 14.9. The van der Waals surface area contributed by atoms with Crippen molar-refractivity contribution in [1.82, 2.24) is 0 Å². The number of benzene rings is 1. The number of carbonyl (C=O) groups is 1. The summed E-state index contributed by atoms with van der Waals surface area (Å²) < 4.78 is 4.80. The first kappa shape index (κ1) is 14.3. The maximum atomic E-state index is 11.7. The second-order valence-corrected chi connectivity index (χ2v) is 5.21. The number of nitro groups is 1. The largest absolute Gasteiger partial charge is 0.469 e. The minimum absolute atomic E-state index is 0.0858. The summed E-state index contributed by atoms with van der Waals surface area (Å²) in [7, 11) is 1.37. The molecular formula is C14H18N2O4. The van der Waals surface area contributed by atoms with Crippen LogP contribution in [0.4, 0.5) is 11.4 Å². The molecule has 2 unspecified atom stereocenters. The lowest BCUT2D eigenvalue weighted by atomic mass is 9.99. The van der Waals surface area contributed by atoms with E-state index < -0.39 is 0 Å². The van der Waals surface area contributed by atoms with E-state index in [1.54, 1.807) is 6.07 Å². The monoisotopic (exact) mass is 278 g/mol. The Bertz CT molecular complexity index is 544. The average molecular weight is 278 g/mol. The number of nitro benzene ring substituents is 1. The molecule has 0 spiro atoms. The summed E-state index contributed by atoms with van der Waals surface area (Å²) in [6.07, 6.45) is 0. The van der Waals surface area contributed by atoms with E-state index in [4.69, 9.17) is 4.74 Å². The zero-order valence-electron chi connectivity index (χ0n) is 11.8. The van der Waals surface area contributed by atoms with Crippen LogP contribution in [0.3, 0.4) is 0 Å². The number of para-hydroxylation sites is 1. The van der Waals surface area contributed by atoms with Crippen LogP contribution in [-0.4, -0.2) is 31.1 Å². The fourth-order valence-corrected chi connectivity index (χ4v) is 2.81. The van der Waals surface area contributed by atoms with E-state index in [2.05, 4.69) is 0 Å². The second-order valence-electron chi connectivity index (χ2n) is 5.21. The first-order chi connectivity index (χ1) is 9.45. The van der Waals surface area contributed by atoms with Gasteiger partial charge in [-0.2, -0.15) is 0 Å². The number of nitrogens with zero attached hydrogens (tertiary/aromatic N) is 2. The Kier molecular flexibility index (Phi) is 3.92. The lowest BCUT2D eigenvalue weighted by molar-refractivity contribution is -0.384. The van der Waals surface area contributed by atoms with Crippen LogP contribution in [0.1, 0.15) is 12.5 Å². The van der Waals surface area contributed by atoms with Crippen LogP contribution in [0.2, 0.25) is 0 Å². The van der Waals surface area contributed by atoms with Gasteiger partial charge in [0.15, 0.2) is 0 Å². The number of ether oxygens (including phenoxy) is 1. The van der Waals surface area contributed by atoms with E-state index in [0.717, 1.165) is 5.56 Å². The second kappa shape index (κ2) is 5.48. The normalized spacial score (nSPS) is 21.9. The maximum absolute atomic E-state index is 11.7. The van der Waals surface area contributed by atoms with Gasteiger partial charge >= 0.3 is 5.97 Å². The summed E-state index contributed by atoms with van der Waals surface area (Å²) in [6.45, 7) is 4.88. The maximum Gasteiger partial charge on any atom is 0.310 e. The predicted octanol–water partition coefficient (Wildman–Crippen LogP) is 2.15. The fraction of sp³-hybridized carbons (Fsp3) is 0.500. The number of hydrogen-bond acceptors (Lipinski definition) is 5. The van der Waals surface area contributed by atoms with Gasteiger partial charge < -0.3 is 9.64 Å². The minimum atomic E-state index is -0.377. The molecule has 0 aromatic heterocycles. The van der Waals surface area contributed by atoms with Gasteiger partial charge in [-0.3, -0.25) is 14.9 Å². The highest BCUT2D eigenvalue weighted by atomic mass is 16.6.